The van der Waals surface area contributed by atoms with E-state index in [-0.39, 0.29) is 69.6 Å². The van der Waals surface area contributed by atoms with E-state index in [2.05, 4.69) is 55.4 Å². The molecule has 38 heteroatoms. The largest absolute Gasteiger partial charge is 0.468 e. The van der Waals surface area contributed by atoms with Gasteiger partial charge in [-0.05, 0) is 166 Å². The highest BCUT2D eigenvalue weighted by Gasteiger charge is 2.34. The smallest absolute Gasteiger partial charge is 0.416 e. The van der Waals surface area contributed by atoms with Crippen molar-refractivity contribution in [1.29, 1.82) is 0 Å². The van der Waals surface area contributed by atoms with Crippen LogP contribution in [0.15, 0.2) is 162 Å². The number of nitrogens with zero attached hydrogens (tertiary/aromatic N) is 15. The van der Waals surface area contributed by atoms with Crippen molar-refractivity contribution < 1.29 is 199 Å². The summed E-state index contributed by atoms with van der Waals surface area (Å²) in [5.74, 6) is 1.86. The summed E-state index contributed by atoms with van der Waals surface area (Å²) in [4.78, 5) is 76.8. The van der Waals surface area contributed by atoms with E-state index in [1.807, 2.05) is 81.9 Å². The number of aliphatic hydroxyl groups excluding tert-OH is 1. The molecule has 29 nitrogen and oxygen atoms in total. The first kappa shape index (κ1) is 58.1. The minimum absolute atomic E-state index is 0. The van der Waals surface area contributed by atoms with Gasteiger partial charge in [0.05, 0.1) is 123 Å². The number of nitrogens with one attached hydrogen (secondary N) is 1. The molecule has 123 heavy (non-hydrogen) atoms. The number of aliphatic hydroxyl groups is 1. The van der Waals surface area contributed by atoms with Crippen LogP contribution in [0, 0.1) is 5.92 Å². The first-order valence-corrected chi connectivity index (χ1v) is 39.1. The van der Waals surface area contributed by atoms with Crippen molar-refractivity contribution in [3.05, 3.63) is 236 Å². The molecule has 1 saturated carbocycles. The first-order valence-electron chi connectivity index (χ1n) is 73.1. The fourth-order valence-electron chi connectivity index (χ4n) is 13.1. The number of likely N-dealkylation sites (N-methyl/N-ethyl adjacent to an activating group) is 3. The van der Waals surface area contributed by atoms with Crippen molar-refractivity contribution in [2.24, 2.45) is 16.8 Å². The number of carbonyl (C=O) groups excluding carboxylic acids is 6. The zero-order valence-corrected chi connectivity index (χ0v) is 69.2. The van der Waals surface area contributed by atoms with Gasteiger partial charge in [0.2, 0.25) is 0 Å². The van der Waals surface area contributed by atoms with Crippen LogP contribution in [-0.2, 0) is 130 Å². The Balaban J connectivity index is -0.0000000628. The molecule has 2 atom stereocenters. The molecule has 2 fully saturated rings. The van der Waals surface area contributed by atoms with E-state index in [4.69, 9.17) is 132 Å². The summed E-state index contributed by atoms with van der Waals surface area (Å²) >= 11 is 0. The second-order valence-electron chi connectivity index (χ2n) is 28.9. The van der Waals surface area contributed by atoms with Crippen molar-refractivity contribution >= 4 is 35.4 Å². The number of hydrogen-bond donors (Lipinski definition) is 3. The van der Waals surface area contributed by atoms with Crippen LogP contribution < -0.4 is 11.1 Å². The molecule has 3 aromatic heterocycles. The number of azide groups is 1. The summed E-state index contributed by atoms with van der Waals surface area (Å²) in [7, 11) is 9.28. The molecule has 728 valence electrons. The number of nitrogens with two attached hydrogens (primary N) is 1. The molecule has 0 bridgehead atoms. The zero-order chi connectivity index (χ0) is 158. The van der Waals surface area contributed by atoms with Gasteiger partial charge >= 0.3 is 42.4 Å². The molecule has 4 N–H and O–H groups in total. The number of Topliss-reactive ketones (excluding diaryl/α,β-unsaturated/α-hetero) is 2. The van der Waals surface area contributed by atoms with E-state index >= 15 is 0 Å². The van der Waals surface area contributed by atoms with E-state index in [0.29, 0.717) is 117 Å². The third-order valence-corrected chi connectivity index (χ3v) is 19.7. The van der Waals surface area contributed by atoms with Crippen LogP contribution in [0.5, 0.6) is 0 Å². The van der Waals surface area contributed by atoms with Gasteiger partial charge in [-0.25, -0.2) is 0 Å². The van der Waals surface area contributed by atoms with Gasteiger partial charge in [0.15, 0.2) is 17.9 Å². The van der Waals surface area contributed by atoms with Crippen molar-refractivity contribution in [2.75, 3.05) is 75.3 Å². The highest BCUT2D eigenvalue weighted by molar-refractivity contribution is 6.00. The SMILES string of the molecule is CCOC(=O)C1CCCC1=O.COC(=O)CN(C)Cc1nnc(CN)n1Cc1ccc(-c2ccc(C(F)(F)F)cc2)cc1.COC(=O)CN(C)Cc1nnc(CN=[N+]=[N-])n1Cc1ccc(-c2ccc(C(F)(F)F)cc2)cc1.COC(=O)CN(C)Cc1nnc(CNC2=C(C(C)=O)CCC2)n1Cc1ccc(-c2ccc(C(F)(F)F)cc2)cc1.OC1CCCO1.[2HH].[2H][2H].[2H][2H].[2H][2H].[2H][2H].[2H][2H].[2H][2H].[2H][2H].[2H][2H].[2H][2H].[2H][2H].[2H][2H].[2H][2H].[2H][2H].[2H][2H].[2H][2H].[2H][2H].[2H][2H].[2H][2H].[2H][2H].[2H][2H].[2H][2H].[2H][2H].[2H][2H].[2H][2H].[2H][2H].[2H][2H].[2H][2H].[2H][2H].[2H][2H].[2H][2H].[2H][2H].[2H][2H].[2H][2H].[2H][2H]. The number of halogens is 9. The Bertz CT molecular complexity index is 5210. The summed E-state index contributed by atoms with van der Waals surface area (Å²) in [5, 5.41) is 40.8. The highest BCUT2D eigenvalue weighted by atomic mass is 19.4. The van der Waals surface area contributed by atoms with Gasteiger partial charge in [-0.1, -0.05) is 114 Å². The molecule has 1 saturated heterocycles. The molecule has 6 aromatic carbocycles. The maximum Gasteiger partial charge on any atom is 0.416 e. The topological polar surface area (TPSA) is 357 Å². The Kier molecular flexibility index (Phi) is 21.8. The average molecular weight is 1860 g/mol. The zero-order valence-electron chi connectivity index (χ0n) is 137. The van der Waals surface area contributed by atoms with Gasteiger partial charge in [0.1, 0.15) is 40.8 Å². The number of alkyl halides is 9. The van der Waals surface area contributed by atoms with Crippen LogP contribution >= 0.6 is 0 Å². The van der Waals surface area contributed by atoms with Gasteiger partial charge in [-0.3, -0.25) is 43.5 Å². The number of allylic oxidation sites excluding steroid dienone is 2. The van der Waals surface area contributed by atoms with E-state index in [0.717, 1.165) is 126 Å². The lowest BCUT2D eigenvalue weighted by Crippen LogP contribution is -2.28. The maximum absolute atomic E-state index is 12.9. The second-order valence-corrected chi connectivity index (χ2v) is 28.9. The average Bonchev–Trinajstić information content (AvgIpc) is 1.65. The molecule has 2 unspecified atom stereocenters. The second kappa shape index (κ2) is 46.3. The molecule has 12 rings (SSSR count). The van der Waals surface area contributed by atoms with Crippen LogP contribution in [0.1, 0.15) is 236 Å². The van der Waals surface area contributed by atoms with Gasteiger partial charge in [-0.2, -0.15) is 39.5 Å². The summed E-state index contributed by atoms with van der Waals surface area (Å²) in [6.07, 6.45) is -7.17. The molecular formula is C85H168F9N17O12. The maximum atomic E-state index is 12.9. The fourth-order valence-corrected chi connectivity index (χ4v) is 13.1. The number of methoxy groups -OCH3 is 3. The van der Waals surface area contributed by atoms with Gasteiger partial charge in [0, 0.05) is 138 Å². The lowest BCUT2D eigenvalue weighted by Gasteiger charge is -2.17. The molecule has 0 spiro atoms. The van der Waals surface area contributed by atoms with Crippen LogP contribution in [-0.4, -0.2) is 181 Å². The Hall–Kier alpha value is -12.1. The van der Waals surface area contributed by atoms with Gasteiger partial charge in [-0.15, -0.1) is 30.6 Å². The quantitative estimate of drug-likeness (QED) is 0.00716. The van der Waals surface area contributed by atoms with Crippen LogP contribution in [0.2, 0.25) is 0 Å². The Morgan fingerprint density at radius 3 is 1.21 bits per heavy atom. The third kappa shape index (κ3) is 29.6. The molecular weight excluding hydrogens is 1620 g/mol. The minimum atomic E-state index is -4.38. The summed E-state index contributed by atoms with van der Waals surface area (Å²) in [5.41, 5.74) is 21.4. The monoisotopic (exact) mass is 1860 g/mol. The van der Waals surface area contributed by atoms with Crippen LogP contribution in [0.4, 0.5) is 39.5 Å². The normalized spacial score (nSPS) is 16.7. The molecule has 1 aliphatic heterocycles. The summed E-state index contributed by atoms with van der Waals surface area (Å²) in [6, 6.07) is 37.5. The van der Waals surface area contributed by atoms with E-state index in [1.54, 1.807) is 54.3 Å². The summed E-state index contributed by atoms with van der Waals surface area (Å²) in [6.45, 7) is 7.61. The number of rotatable bonds is 30. The Labute approximate surface area is 810 Å². The van der Waals surface area contributed by atoms with Gasteiger partial charge in [0.25, 0.3) is 0 Å². The number of ketones is 2. The Morgan fingerprint density at radius 2 is 0.902 bits per heavy atom. The number of aromatic nitrogens is 9. The predicted molar refractivity (Wildman–Crippen MR) is 506 cm³/mol. The van der Waals surface area contributed by atoms with E-state index in [1.165, 1.54) is 57.7 Å². The number of esters is 4. The van der Waals surface area contributed by atoms with Crippen molar-refractivity contribution in [3.8, 4) is 33.4 Å². The van der Waals surface area contributed by atoms with Gasteiger partial charge < -0.3 is 53.5 Å². The lowest BCUT2D eigenvalue weighted by molar-refractivity contribution is -0.150. The number of benzene rings is 6. The van der Waals surface area contributed by atoms with Crippen molar-refractivity contribution in [2.45, 2.75) is 149 Å². The fraction of sp³-hybridized carbons (Fsp3) is 0.412. The number of ether oxygens (including phenoxy) is 5. The number of carbonyl (C=O) groups is 6. The first-order chi connectivity index (χ1) is 92.6. The Morgan fingerprint density at radius 1 is 0.545 bits per heavy atom. The predicted octanol–water partition coefficient (Wildman–Crippen LogP) is 21.9. The summed E-state index contributed by atoms with van der Waals surface area (Å²) < 4.78 is 485. The number of hydrogen-bond acceptors (Lipinski definition) is 24. The molecule has 0 radical (unpaired) electrons. The van der Waals surface area contributed by atoms with Crippen LogP contribution in [0.25, 0.3) is 43.8 Å². The lowest BCUT2D eigenvalue weighted by atomic mass is 10.0. The highest BCUT2D eigenvalue weighted by Crippen LogP contribution is 2.35. The third-order valence-electron chi connectivity index (χ3n) is 19.7. The van der Waals surface area contributed by atoms with E-state index < -0.39 is 47.4 Å². The minimum Gasteiger partial charge on any atom is -0.468 e. The molecule has 9 aromatic rings. The standard InChI is InChI=1S/C29H32F3N5O3.C22H22F3N7O2.C22H24F3N5O2.C8H12O3.C4H8O2.35H2/c1-19(38)24-5-4-6-25(24)33-15-26-34-35-27(17-36(2)18-28(39)40-3)37(26)16-20-7-9-21(10-8-20)22-11-13-23(14-12-22)29(30,31)32;1-31(14-21(33)34-2)13-20-29-28-19(11-27-30-26)32(20)12-15-3-5-16(6-4-15)17-7-9-18(10-8-17)22(23,24)25;1-29(14-21(31)32-2)13-20-28-27-19(11-26)30(20)12-15-3-5-16(6-4-15)17-7-9-18(10-8-17)22(23,24)25;1-2-11-8(10)6-4-3-5-7(6)9;5-4-2-1-3-6-4;;;;;;;;;;;;;;;;;;;;;;;;;;;;;;;;;;;/h7-14,33H,4-6,15-18H2,1-3H3;3-10H,11-14H2,1-2H3;3-10H,11-14,26H2,1-2H3;6H,2-5H2,1H3;4-5H,1-3H2;35*1H/i;;;;;34*1+1D;1+1. The van der Waals surface area contributed by atoms with Crippen LogP contribution in [0.3, 0.4) is 0 Å². The molecule has 4 heterocycles. The van der Waals surface area contributed by atoms with E-state index in [9.17, 15) is 68.3 Å². The molecule has 3 aliphatic rings. The van der Waals surface area contributed by atoms with Crippen molar-refractivity contribution in [1.82, 2.24) is 64.3 Å². The van der Waals surface area contributed by atoms with Crippen molar-refractivity contribution in [3.63, 3.8) is 0 Å². The molecule has 0 amide bonds. The molecule has 2 aliphatic carbocycles.